The number of carbonyl (C=O) groups excluding carboxylic acids is 2. The van der Waals surface area contributed by atoms with Crippen LogP contribution in [0.15, 0.2) is 49.2 Å². The van der Waals surface area contributed by atoms with E-state index in [-0.39, 0.29) is 11.8 Å². The second-order valence-corrected chi connectivity index (χ2v) is 8.16. The Hall–Kier alpha value is -3.41. The van der Waals surface area contributed by atoms with Gasteiger partial charge in [0.15, 0.2) is 0 Å². The number of hydrogen-bond donors (Lipinski definition) is 1. The first-order valence-electron chi connectivity index (χ1n) is 10.4. The third-order valence-corrected chi connectivity index (χ3v) is 6.42. The van der Waals surface area contributed by atoms with Gasteiger partial charge in [-0.2, -0.15) is 5.10 Å². The van der Waals surface area contributed by atoms with E-state index in [0.29, 0.717) is 19.0 Å². The molecule has 1 N–H and O–H groups in total. The first-order valence-corrected chi connectivity index (χ1v) is 10.4. The lowest BCUT2D eigenvalue weighted by molar-refractivity contribution is -0.125. The second-order valence-electron chi connectivity index (χ2n) is 8.16. The lowest BCUT2D eigenvalue weighted by Gasteiger charge is -2.31. The molecule has 0 saturated carbocycles. The van der Waals surface area contributed by atoms with E-state index in [1.807, 2.05) is 34.9 Å². The number of rotatable bonds is 3. The highest BCUT2D eigenvalue weighted by molar-refractivity contribution is 6.12. The number of nitrogens with one attached hydrogen (secondary N) is 1. The summed E-state index contributed by atoms with van der Waals surface area (Å²) in [6.45, 7) is 7.73. The molecule has 2 aliphatic heterocycles. The van der Waals surface area contributed by atoms with Crippen molar-refractivity contribution in [3.8, 4) is 0 Å². The van der Waals surface area contributed by atoms with Crippen LogP contribution in [0.4, 0.5) is 5.69 Å². The van der Waals surface area contributed by atoms with Gasteiger partial charge in [-0.25, -0.2) is 0 Å². The Morgan fingerprint density at radius 1 is 1.27 bits per heavy atom. The van der Waals surface area contributed by atoms with Crippen molar-refractivity contribution in [1.82, 2.24) is 15.1 Å². The second kappa shape index (κ2) is 7.13. The summed E-state index contributed by atoms with van der Waals surface area (Å²) < 4.78 is 0. The van der Waals surface area contributed by atoms with Gasteiger partial charge >= 0.3 is 0 Å². The van der Waals surface area contributed by atoms with Crippen LogP contribution in [-0.2, 0) is 11.2 Å². The molecule has 2 aromatic carbocycles. The van der Waals surface area contributed by atoms with Gasteiger partial charge in [0.25, 0.3) is 5.91 Å². The maximum atomic E-state index is 13.4. The number of benzene rings is 2. The fourth-order valence-electron chi connectivity index (χ4n) is 4.81. The SMILES string of the molecule is C=CC(=O)N1CCC(c2ccc3c(c2)CCN(c2c(C)ccc4[nH]ncc24)C3=O)C1. The van der Waals surface area contributed by atoms with Crippen LogP contribution in [0.5, 0.6) is 0 Å². The fourth-order valence-corrected chi connectivity index (χ4v) is 4.81. The molecule has 1 aromatic heterocycles. The first kappa shape index (κ1) is 18.6. The number of nitrogens with zero attached hydrogens (tertiary/aromatic N) is 3. The monoisotopic (exact) mass is 400 g/mol. The zero-order valence-corrected chi connectivity index (χ0v) is 17.0. The molecular formula is C24H24N4O2. The maximum absolute atomic E-state index is 13.4. The summed E-state index contributed by atoms with van der Waals surface area (Å²) in [5.41, 5.74) is 6.01. The van der Waals surface area contributed by atoms with E-state index >= 15 is 0 Å². The zero-order valence-electron chi connectivity index (χ0n) is 17.0. The van der Waals surface area contributed by atoms with Crippen LogP contribution >= 0.6 is 0 Å². The number of aryl methyl sites for hydroxylation is 1. The predicted molar refractivity (Wildman–Crippen MR) is 117 cm³/mol. The van der Waals surface area contributed by atoms with E-state index in [1.165, 1.54) is 11.6 Å². The van der Waals surface area contributed by atoms with Crippen LogP contribution in [-0.4, -0.2) is 46.5 Å². The van der Waals surface area contributed by atoms with Crippen LogP contribution in [0.3, 0.4) is 0 Å². The molecule has 2 amide bonds. The lowest BCUT2D eigenvalue weighted by Crippen LogP contribution is -2.38. The van der Waals surface area contributed by atoms with Crippen LogP contribution in [0.25, 0.3) is 10.9 Å². The predicted octanol–water partition coefficient (Wildman–Crippen LogP) is 3.58. The molecule has 6 heteroatoms. The van der Waals surface area contributed by atoms with Gasteiger partial charge < -0.3 is 9.80 Å². The van der Waals surface area contributed by atoms with Gasteiger partial charge in [-0.15, -0.1) is 0 Å². The molecule has 0 aliphatic carbocycles. The molecule has 0 spiro atoms. The van der Waals surface area contributed by atoms with Crippen molar-refractivity contribution in [2.45, 2.75) is 25.7 Å². The van der Waals surface area contributed by atoms with E-state index in [2.05, 4.69) is 28.9 Å². The third kappa shape index (κ3) is 2.91. The number of aromatic amines is 1. The van der Waals surface area contributed by atoms with Gasteiger partial charge in [0, 0.05) is 36.5 Å². The standard InChI is InChI=1S/C24H24N4O2/c1-3-22(29)27-10-8-18(14-27)16-5-6-19-17(12-16)9-11-28(24(19)30)23-15(2)4-7-21-20(23)13-25-26-21/h3-7,12-13,18H,1,8-11,14H2,2H3,(H,25,26). The van der Waals surface area contributed by atoms with Crippen molar-refractivity contribution in [2.75, 3.05) is 24.5 Å². The van der Waals surface area contributed by atoms with E-state index in [4.69, 9.17) is 0 Å². The fraction of sp³-hybridized carbons (Fsp3) is 0.292. The van der Waals surface area contributed by atoms with Crippen molar-refractivity contribution < 1.29 is 9.59 Å². The minimum Gasteiger partial charge on any atom is -0.339 e. The lowest BCUT2D eigenvalue weighted by atomic mass is 9.90. The zero-order chi connectivity index (χ0) is 20.8. The van der Waals surface area contributed by atoms with Crippen molar-refractivity contribution in [2.24, 2.45) is 0 Å². The molecular weight excluding hydrogens is 376 g/mol. The van der Waals surface area contributed by atoms with Gasteiger partial charge in [-0.3, -0.25) is 14.7 Å². The van der Waals surface area contributed by atoms with Gasteiger partial charge in [0.05, 0.1) is 17.4 Å². The summed E-state index contributed by atoms with van der Waals surface area (Å²) >= 11 is 0. The normalized spacial score (nSPS) is 18.7. The summed E-state index contributed by atoms with van der Waals surface area (Å²) in [5, 5.41) is 8.12. The Balaban J connectivity index is 1.44. The molecule has 5 rings (SSSR count). The number of H-pyrrole nitrogens is 1. The molecule has 6 nitrogen and oxygen atoms in total. The number of hydrogen-bond acceptors (Lipinski definition) is 3. The summed E-state index contributed by atoms with van der Waals surface area (Å²) in [6.07, 6.45) is 4.93. The number of aromatic nitrogens is 2. The molecule has 0 bridgehead atoms. The van der Waals surface area contributed by atoms with Gasteiger partial charge in [-0.05, 0) is 54.7 Å². The number of amides is 2. The molecule has 1 unspecified atom stereocenters. The number of anilines is 1. The van der Waals surface area contributed by atoms with Crippen LogP contribution in [0.2, 0.25) is 0 Å². The Morgan fingerprint density at radius 3 is 2.97 bits per heavy atom. The summed E-state index contributed by atoms with van der Waals surface area (Å²) in [5.74, 6) is 0.341. The average Bonchev–Trinajstić information content (AvgIpc) is 3.44. The number of fused-ring (bicyclic) bond motifs is 2. The van der Waals surface area contributed by atoms with E-state index in [1.54, 1.807) is 6.20 Å². The Bertz CT molecular complexity index is 1180. The quantitative estimate of drug-likeness (QED) is 0.684. The van der Waals surface area contributed by atoms with Gasteiger partial charge in [0.2, 0.25) is 5.91 Å². The molecule has 3 heterocycles. The summed E-state index contributed by atoms with van der Waals surface area (Å²) in [7, 11) is 0. The number of likely N-dealkylation sites (tertiary alicyclic amines) is 1. The molecule has 30 heavy (non-hydrogen) atoms. The van der Waals surface area contributed by atoms with Gasteiger partial charge in [0.1, 0.15) is 0 Å². The highest BCUT2D eigenvalue weighted by Crippen LogP contribution is 2.35. The molecule has 2 aliphatic rings. The minimum atomic E-state index is -0.00919. The van der Waals surface area contributed by atoms with Crippen molar-refractivity contribution in [1.29, 1.82) is 0 Å². The first-order chi connectivity index (χ1) is 14.6. The summed E-state index contributed by atoms with van der Waals surface area (Å²) in [4.78, 5) is 29.0. The average molecular weight is 400 g/mol. The Kier molecular flexibility index (Phi) is 4.42. The van der Waals surface area contributed by atoms with Crippen molar-refractivity contribution in [3.63, 3.8) is 0 Å². The van der Waals surface area contributed by atoms with Crippen LogP contribution in [0.1, 0.15) is 39.4 Å². The van der Waals surface area contributed by atoms with E-state index in [9.17, 15) is 9.59 Å². The molecule has 3 aromatic rings. The molecule has 1 fully saturated rings. The molecule has 1 saturated heterocycles. The minimum absolute atomic E-state index is 0.00919. The number of carbonyl (C=O) groups is 2. The van der Waals surface area contributed by atoms with Crippen molar-refractivity contribution >= 4 is 28.4 Å². The Morgan fingerprint density at radius 2 is 2.13 bits per heavy atom. The largest absolute Gasteiger partial charge is 0.339 e. The summed E-state index contributed by atoms with van der Waals surface area (Å²) in [6, 6.07) is 10.2. The molecule has 152 valence electrons. The highest BCUT2D eigenvalue weighted by Gasteiger charge is 2.30. The third-order valence-electron chi connectivity index (χ3n) is 6.42. The maximum Gasteiger partial charge on any atom is 0.258 e. The van der Waals surface area contributed by atoms with Crippen molar-refractivity contribution in [3.05, 3.63) is 71.4 Å². The van der Waals surface area contributed by atoms with E-state index < -0.39 is 0 Å². The highest BCUT2D eigenvalue weighted by atomic mass is 16.2. The molecule has 0 radical (unpaired) electrons. The van der Waals surface area contributed by atoms with Gasteiger partial charge in [-0.1, -0.05) is 24.8 Å². The Labute approximate surface area is 175 Å². The van der Waals surface area contributed by atoms with E-state index in [0.717, 1.165) is 52.7 Å². The van der Waals surface area contributed by atoms with Crippen LogP contribution in [0, 0.1) is 6.92 Å². The van der Waals surface area contributed by atoms with Crippen LogP contribution < -0.4 is 4.90 Å². The smallest absolute Gasteiger partial charge is 0.258 e. The molecule has 1 atom stereocenters. The topological polar surface area (TPSA) is 69.3 Å².